The minimum Gasteiger partial charge on any atom is -0.324 e. The molecular formula is C15H16F3N3. The number of aryl methyl sites for hydroxylation is 2. The Labute approximate surface area is 121 Å². The monoisotopic (exact) mass is 295 g/mol. The molecule has 6 heteroatoms. The number of nitrogens with zero attached hydrogens (tertiary/aromatic N) is 2. The van der Waals surface area contributed by atoms with E-state index in [-0.39, 0.29) is 0 Å². The Balaban J connectivity index is 2.18. The molecule has 0 atom stereocenters. The average Bonchev–Trinajstić information content (AvgIpc) is 2.46. The summed E-state index contributed by atoms with van der Waals surface area (Å²) in [6.07, 6.45) is -0.942. The highest BCUT2D eigenvalue weighted by Crippen LogP contribution is 2.30. The first-order valence-corrected chi connectivity index (χ1v) is 6.73. The molecule has 1 heterocycles. The van der Waals surface area contributed by atoms with E-state index in [9.17, 15) is 13.2 Å². The summed E-state index contributed by atoms with van der Waals surface area (Å²) in [6, 6.07) is 4.80. The fraction of sp³-hybridized carbons (Fsp3) is 0.333. The Morgan fingerprint density at radius 2 is 1.71 bits per heavy atom. The highest BCUT2D eigenvalue weighted by molar-refractivity contribution is 5.54. The summed E-state index contributed by atoms with van der Waals surface area (Å²) in [5.74, 6) is 0.392. The summed E-state index contributed by atoms with van der Waals surface area (Å²) >= 11 is 0. The van der Waals surface area contributed by atoms with Crippen molar-refractivity contribution >= 4 is 11.6 Å². The number of halogens is 3. The molecule has 0 saturated carbocycles. The molecule has 0 aliphatic carbocycles. The van der Waals surface area contributed by atoms with E-state index in [0.29, 0.717) is 11.6 Å². The van der Waals surface area contributed by atoms with Crippen molar-refractivity contribution in [1.29, 1.82) is 0 Å². The third kappa shape index (κ3) is 3.71. The Morgan fingerprint density at radius 3 is 2.24 bits per heavy atom. The van der Waals surface area contributed by atoms with Crippen LogP contribution < -0.4 is 5.32 Å². The van der Waals surface area contributed by atoms with E-state index in [4.69, 9.17) is 0 Å². The van der Waals surface area contributed by atoms with Crippen molar-refractivity contribution in [2.45, 2.75) is 32.9 Å². The highest BCUT2D eigenvalue weighted by atomic mass is 19.4. The van der Waals surface area contributed by atoms with E-state index in [1.165, 1.54) is 12.1 Å². The van der Waals surface area contributed by atoms with Crippen LogP contribution in [0.15, 0.2) is 30.5 Å². The average molecular weight is 295 g/mol. The van der Waals surface area contributed by atoms with Crippen LogP contribution in [0.2, 0.25) is 0 Å². The van der Waals surface area contributed by atoms with Crippen LogP contribution in [-0.4, -0.2) is 9.97 Å². The summed E-state index contributed by atoms with van der Waals surface area (Å²) in [4.78, 5) is 8.56. The quantitative estimate of drug-likeness (QED) is 0.910. The van der Waals surface area contributed by atoms with Gasteiger partial charge in [-0.05, 0) is 42.7 Å². The second kappa shape index (κ2) is 6.11. The molecule has 3 nitrogen and oxygen atoms in total. The van der Waals surface area contributed by atoms with Gasteiger partial charge in [-0.1, -0.05) is 13.8 Å². The number of nitrogens with one attached hydrogen (secondary N) is 1. The van der Waals surface area contributed by atoms with Crippen molar-refractivity contribution < 1.29 is 13.2 Å². The number of alkyl halides is 3. The van der Waals surface area contributed by atoms with E-state index in [1.54, 1.807) is 6.20 Å². The Hall–Kier alpha value is -2.11. The number of anilines is 2. The van der Waals surface area contributed by atoms with Crippen LogP contribution >= 0.6 is 0 Å². The van der Waals surface area contributed by atoms with Gasteiger partial charge in [0.25, 0.3) is 0 Å². The molecule has 0 unspecified atom stereocenters. The topological polar surface area (TPSA) is 37.8 Å². The van der Waals surface area contributed by atoms with Crippen LogP contribution in [0.1, 0.15) is 30.7 Å². The number of benzene rings is 1. The molecule has 1 N–H and O–H groups in total. The molecule has 0 radical (unpaired) electrons. The first-order chi connectivity index (χ1) is 9.94. The molecule has 1 aromatic carbocycles. The summed E-state index contributed by atoms with van der Waals surface area (Å²) in [5.41, 5.74) is 1.87. The molecule has 0 aliphatic rings. The fourth-order valence-electron chi connectivity index (χ4n) is 1.98. The molecule has 0 spiro atoms. The van der Waals surface area contributed by atoms with Gasteiger partial charge in [0.05, 0.1) is 5.56 Å². The lowest BCUT2D eigenvalue weighted by molar-refractivity contribution is -0.137. The third-order valence-corrected chi connectivity index (χ3v) is 3.14. The second-order valence-electron chi connectivity index (χ2n) is 4.57. The molecule has 2 rings (SSSR count). The summed E-state index contributed by atoms with van der Waals surface area (Å²) in [6.45, 7) is 4.03. The van der Waals surface area contributed by atoms with Crippen molar-refractivity contribution in [3.05, 3.63) is 47.3 Å². The lowest BCUT2D eigenvalue weighted by Crippen LogP contribution is -2.05. The minimum absolute atomic E-state index is 0.392. The molecule has 0 amide bonds. The van der Waals surface area contributed by atoms with Gasteiger partial charge < -0.3 is 5.32 Å². The van der Waals surface area contributed by atoms with Crippen molar-refractivity contribution in [3.63, 3.8) is 0 Å². The van der Waals surface area contributed by atoms with Crippen molar-refractivity contribution in [2.75, 3.05) is 5.32 Å². The SMILES string of the molecule is CCc1cnc(Nc2ccc(C(F)(F)F)cc2)nc1CC. The summed E-state index contributed by atoms with van der Waals surface area (Å²) < 4.78 is 37.5. The first kappa shape index (κ1) is 15.3. The number of hydrogen-bond donors (Lipinski definition) is 1. The molecule has 0 aliphatic heterocycles. The Kier molecular flexibility index (Phi) is 4.45. The van der Waals surface area contributed by atoms with Gasteiger partial charge >= 0.3 is 6.18 Å². The molecule has 0 bridgehead atoms. The maximum absolute atomic E-state index is 12.5. The number of hydrogen-bond acceptors (Lipinski definition) is 3. The predicted molar refractivity (Wildman–Crippen MR) is 75.5 cm³/mol. The first-order valence-electron chi connectivity index (χ1n) is 6.73. The number of aromatic nitrogens is 2. The van der Waals surface area contributed by atoms with E-state index in [1.807, 2.05) is 13.8 Å². The zero-order valence-corrected chi connectivity index (χ0v) is 11.8. The zero-order chi connectivity index (χ0) is 15.5. The van der Waals surface area contributed by atoms with Crippen molar-refractivity contribution in [3.8, 4) is 0 Å². The van der Waals surface area contributed by atoms with E-state index in [2.05, 4.69) is 15.3 Å². The normalized spacial score (nSPS) is 11.5. The number of rotatable bonds is 4. The fourth-order valence-corrected chi connectivity index (χ4v) is 1.98. The maximum Gasteiger partial charge on any atom is 0.416 e. The van der Waals surface area contributed by atoms with Crippen LogP contribution in [0, 0.1) is 0 Å². The van der Waals surface area contributed by atoms with Crippen LogP contribution in [0.5, 0.6) is 0 Å². The summed E-state index contributed by atoms with van der Waals surface area (Å²) in [5, 5.41) is 2.92. The lowest BCUT2D eigenvalue weighted by Gasteiger charge is -2.10. The smallest absolute Gasteiger partial charge is 0.324 e. The summed E-state index contributed by atoms with van der Waals surface area (Å²) in [7, 11) is 0. The van der Waals surface area contributed by atoms with E-state index < -0.39 is 11.7 Å². The van der Waals surface area contributed by atoms with Gasteiger partial charge in [-0.3, -0.25) is 0 Å². The third-order valence-electron chi connectivity index (χ3n) is 3.14. The van der Waals surface area contributed by atoms with Crippen LogP contribution in [-0.2, 0) is 19.0 Å². The van der Waals surface area contributed by atoms with Crippen LogP contribution in [0.25, 0.3) is 0 Å². The van der Waals surface area contributed by atoms with Gasteiger partial charge in [0.2, 0.25) is 5.95 Å². The lowest BCUT2D eigenvalue weighted by atomic mass is 10.1. The predicted octanol–water partition coefficient (Wildman–Crippen LogP) is 4.36. The van der Waals surface area contributed by atoms with Gasteiger partial charge in [-0.2, -0.15) is 13.2 Å². The largest absolute Gasteiger partial charge is 0.416 e. The standard InChI is InChI=1S/C15H16F3N3/c1-3-10-9-19-14(21-13(10)4-2)20-12-7-5-11(6-8-12)15(16,17)18/h5-9H,3-4H2,1-2H3,(H,19,20,21). The molecule has 21 heavy (non-hydrogen) atoms. The highest BCUT2D eigenvalue weighted by Gasteiger charge is 2.29. The van der Waals surface area contributed by atoms with E-state index in [0.717, 1.165) is 36.2 Å². The maximum atomic E-state index is 12.5. The van der Waals surface area contributed by atoms with E-state index >= 15 is 0 Å². The van der Waals surface area contributed by atoms with Gasteiger partial charge in [-0.15, -0.1) is 0 Å². The van der Waals surface area contributed by atoms with Gasteiger partial charge in [0, 0.05) is 17.6 Å². The van der Waals surface area contributed by atoms with Crippen LogP contribution in [0.4, 0.5) is 24.8 Å². The van der Waals surface area contributed by atoms with Crippen molar-refractivity contribution in [2.24, 2.45) is 0 Å². The molecule has 0 fully saturated rings. The zero-order valence-electron chi connectivity index (χ0n) is 11.8. The van der Waals surface area contributed by atoms with Crippen LogP contribution in [0.3, 0.4) is 0 Å². The van der Waals surface area contributed by atoms with Gasteiger partial charge in [0.15, 0.2) is 0 Å². The van der Waals surface area contributed by atoms with Gasteiger partial charge in [-0.25, -0.2) is 9.97 Å². The Morgan fingerprint density at radius 1 is 1.05 bits per heavy atom. The Bertz CT molecular complexity index is 607. The molecule has 1 aromatic heterocycles. The second-order valence-corrected chi connectivity index (χ2v) is 4.57. The minimum atomic E-state index is -4.33. The molecule has 0 saturated heterocycles. The molecule has 112 valence electrons. The molecule has 2 aromatic rings. The molecular weight excluding hydrogens is 279 g/mol. The van der Waals surface area contributed by atoms with Crippen molar-refractivity contribution in [1.82, 2.24) is 9.97 Å². The van der Waals surface area contributed by atoms with Gasteiger partial charge in [0.1, 0.15) is 0 Å².